The van der Waals surface area contributed by atoms with E-state index in [1.807, 2.05) is 20.8 Å². The van der Waals surface area contributed by atoms with E-state index in [0.29, 0.717) is 5.02 Å². The minimum atomic E-state index is -0.946. The predicted octanol–water partition coefficient (Wildman–Crippen LogP) is 2.98. The topological polar surface area (TPSA) is 42.2 Å². The first-order chi connectivity index (χ1) is 6.38. The molecule has 1 heterocycles. The zero-order valence-electron chi connectivity index (χ0n) is 8.54. The first-order valence-corrected chi connectivity index (χ1v) is 4.88. The van der Waals surface area contributed by atoms with Crippen LogP contribution >= 0.6 is 11.6 Å². The maximum absolute atomic E-state index is 10.9. The van der Waals surface area contributed by atoms with Crippen LogP contribution in [0.2, 0.25) is 5.02 Å². The molecule has 0 saturated carbocycles. The molecule has 0 aromatic carbocycles. The molecule has 0 unspecified atom stereocenters. The number of aromatic nitrogens is 1. The standard InChI is InChI=1S/C10H14ClNO2/c1-4-10(2,3)12-6-7(11)5-8(12)9(13)14/h5-6H,4H2,1-3H3,(H,13,14). The molecular formula is C10H14ClNO2. The van der Waals surface area contributed by atoms with Gasteiger partial charge in [0, 0.05) is 11.7 Å². The number of hydrogen-bond acceptors (Lipinski definition) is 1. The van der Waals surface area contributed by atoms with Gasteiger partial charge < -0.3 is 9.67 Å². The molecule has 0 atom stereocenters. The molecule has 0 saturated heterocycles. The van der Waals surface area contributed by atoms with E-state index in [2.05, 4.69) is 0 Å². The van der Waals surface area contributed by atoms with Crippen molar-refractivity contribution >= 4 is 17.6 Å². The van der Waals surface area contributed by atoms with Crippen molar-refractivity contribution in [2.24, 2.45) is 0 Å². The molecule has 0 aliphatic heterocycles. The Labute approximate surface area is 88.3 Å². The number of nitrogens with zero attached hydrogens (tertiary/aromatic N) is 1. The van der Waals surface area contributed by atoms with Gasteiger partial charge in [0.05, 0.1) is 5.02 Å². The van der Waals surface area contributed by atoms with Crippen LogP contribution in [-0.4, -0.2) is 15.6 Å². The molecule has 0 bridgehead atoms. The average Bonchev–Trinajstić information content (AvgIpc) is 2.48. The first-order valence-electron chi connectivity index (χ1n) is 4.50. The lowest BCUT2D eigenvalue weighted by atomic mass is 10.0. The number of rotatable bonds is 3. The van der Waals surface area contributed by atoms with Crippen molar-refractivity contribution in [3.05, 3.63) is 23.0 Å². The number of carboxylic acid groups (broad SMARTS) is 1. The first kappa shape index (κ1) is 11.1. The SMILES string of the molecule is CCC(C)(C)n1cc(Cl)cc1C(=O)O. The lowest BCUT2D eigenvalue weighted by Gasteiger charge is -2.26. The molecule has 0 aliphatic rings. The van der Waals surface area contributed by atoms with Crippen LogP contribution in [0.4, 0.5) is 0 Å². The van der Waals surface area contributed by atoms with Crippen LogP contribution in [0.5, 0.6) is 0 Å². The summed E-state index contributed by atoms with van der Waals surface area (Å²) >= 11 is 5.79. The Balaban J connectivity index is 3.26. The summed E-state index contributed by atoms with van der Waals surface area (Å²) in [6.07, 6.45) is 2.51. The summed E-state index contributed by atoms with van der Waals surface area (Å²) in [6, 6.07) is 1.47. The fourth-order valence-electron chi connectivity index (χ4n) is 1.27. The smallest absolute Gasteiger partial charge is 0.352 e. The summed E-state index contributed by atoms with van der Waals surface area (Å²) in [4.78, 5) is 10.9. The minimum Gasteiger partial charge on any atom is -0.477 e. The summed E-state index contributed by atoms with van der Waals surface area (Å²) in [5.41, 5.74) is 0.0165. The van der Waals surface area contributed by atoms with Gasteiger partial charge in [0.25, 0.3) is 0 Å². The third-order valence-electron chi connectivity index (χ3n) is 2.52. The Morgan fingerprint density at radius 3 is 2.64 bits per heavy atom. The lowest BCUT2D eigenvalue weighted by molar-refractivity contribution is 0.0676. The number of carboxylic acids is 1. The highest BCUT2D eigenvalue weighted by Crippen LogP contribution is 2.25. The molecule has 0 fully saturated rings. The quantitative estimate of drug-likeness (QED) is 0.842. The van der Waals surface area contributed by atoms with Gasteiger partial charge in [-0.1, -0.05) is 18.5 Å². The molecule has 1 aromatic rings. The monoisotopic (exact) mass is 215 g/mol. The predicted molar refractivity (Wildman–Crippen MR) is 56.0 cm³/mol. The van der Waals surface area contributed by atoms with Gasteiger partial charge in [0.2, 0.25) is 0 Å². The van der Waals surface area contributed by atoms with Gasteiger partial charge in [-0.2, -0.15) is 0 Å². The Morgan fingerprint density at radius 1 is 1.64 bits per heavy atom. The normalized spacial score (nSPS) is 11.7. The van der Waals surface area contributed by atoms with E-state index in [0.717, 1.165) is 6.42 Å². The molecule has 0 spiro atoms. The Hall–Kier alpha value is -0.960. The molecule has 4 heteroatoms. The van der Waals surface area contributed by atoms with Crippen molar-refractivity contribution in [2.75, 3.05) is 0 Å². The molecule has 14 heavy (non-hydrogen) atoms. The van der Waals surface area contributed by atoms with Gasteiger partial charge in [-0.15, -0.1) is 0 Å². The third-order valence-corrected chi connectivity index (χ3v) is 2.73. The zero-order valence-corrected chi connectivity index (χ0v) is 9.30. The van der Waals surface area contributed by atoms with Crippen LogP contribution in [0.1, 0.15) is 37.7 Å². The van der Waals surface area contributed by atoms with Crippen LogP contribution in [0, 0.1) is 0 Å². The lowest BCUT2D eigenvalue weighted by Crippen LogP contribution is -2.27. The third kappa shape index (κ3) is 1.93. The highest BCUT2D eigenvalue weighted by Gasteiger charge is 2.23. The van der Waals surface area contributed by atoms with E-state index in [1.165, 1.54) is 6.07 Å². The number of halogens is 1. The van der Waals surface area contributed by atoms with Gasteiger partial charge in [-0.05, 0) is 26.3 Å². The molecule has 3 nitrogen and oxygen atoms in total. The maximum Gasteiger partial charge on any atom is 0.352 e. The molecule has 78 valence electrons. The van der Waals surface area contributed by atoms with E-state index in [1.54, 1.807) is 10.8 Å². The summed E-state index contributed by atoms with van der Waals surface area (Å²) in [7, 11) is 0. The van der Waals surface area contributed by atoms with Gasteiger partial charge in [-0.25, -0.2) is 4.79 Å². The van der Waals surface area contributed by atoms with Crippen LogP contribution in [-0.2, 0) is 5.54 Å². The van der Waals surface area contributed by atoms with Crippen molar-refractivity contribution < 1.29 is 9.90 Å². The molecular weight excluding hydrogens is 202 g/mol. The van der Waals surface area contributed by atoms with Crippen LogP contribution < -0.4 is 0 Å². The fraction of sp³-hybridized carbons (Fsp3) is 0.500. The molecule has 1 rings (SSSR count). The summed E-state index contributed by atoms with van der Waals surface area (Å²) < 4.78 is 1.71. The Morgan fingerprint density at radius 2 is 2.21 bits per heavy atom. The molecule has 0 amide bonds. The Bertz CT molecular complexity index is 355. The van der Waals surface area contributed by atoms with Gasteiger partial charge in [-0.3, -0.25) is 0 Å². The van der Waals surface area contributed by atoms with Crippen LogP contribution in [0.15, 0.2) is 12.3 Å². The highest BCUT2D eigenvalue weighted by molar-refractivity contribution is 6.30. The minimum absolute atomic E-state index is 0.221. The van der Waals surface area contributed by atoms with E-state index in [4.69, 9.17) is 16.7 Å². The van der Waals surface area contributed by atoms with Crippen molar-refractivity contribution in [1.29, 1.82) is 0 Å². The fourth-order valence-corrected chi connectivity index (χ4v) is 1.47. The van der Waals surface area contributed by atoms with E-state index in [9.17, 15) is 4.79 Å². The maximum atomic E-state index is 10.9. The Kier molecular flexibility index (Phi) is 2.90. The number of carbonyl (C=O) groups is 1. The second-order valence-electron chi connectivity index (χ2n) is 3.88. The van der Waals surface area contributed by atoms with Crippen molar-refractivity contribution in [3.63, 3.8) is 0 Å². The van der Waals surface area contributed by atoms with Crippen molar-refractivity contribution in [1.82, 2.24) is 4.57 Å². The van der Waals surface area contributed by atoms with Crippen molar-refractivity contribution in [3.8, 4) is 0 Å². The highest BCUT2D eigenvalue weighted by atomic mass is 35.5. The van der Waals surface area contributed by atoms with Gasteiger partial charge in [0.15, 0.2) is 0 Å². The van der Waals surface area contributed by atoms with E-state index in [-0.39, 0.29) is 11.2 Å². The van der Waals surface area contributed by atoms with Gasteiger partial charge in [0.1, 0.15) is 5.69 Å². The summed E-state index contributed by atoms with van der Waals surface area (Å²) in [5.74, 6) is -0.946. The summed E-state index contributed by atoms with van der Waals surface area (Å²) in [5, 5.41) is 9.42. The molecule has 1 N–H and O–H groups in total. The second-order valence-corrected chi connectivity index (χ2v) is 4.32. The molecule has 1 aromatic heterocycles. The number of hydrogen-bond donors (Lipinski definition) is 1. The second kappa shape index (κ2) is 3.65. The number of aromatic carboxylic acids is 1. The van der Waals surface area contributed by atoms with Crippen molar-refractivity contribution in [2.45, 2.75) is 32.7 Å². The molecule has 0 radical (unpaired) electrons. The summed E-state index contributed by atoms with van der Waals surface area (Å²) in [6.45, 7) is 5.98. The van der Waals surface area contributed by atoms with E-state index < -0.39 is 5.97 Å². The van der Waals surface area contributed by atoms with Gasteiger partial charge >= 0.3 is 5.97 Å². The van der Waals surface area contributed by atoms with Crippen LogP contribution in [0.25, 0.3) is 0 Å². The van der Waals surface area contributed by atoms with Crippen LogP contribution in [0.3, 0.4) is 0 Å². The average molecular weight is 216 g/mol. The zero-order chi connectivity index (χ0) is 10.9. The largest absolute Gasteiger partial charge is 0.477 e. The van der Waals surface area contributed by atoms with E-state index >= 15 is 0 Å². The molecule has 0 aliphatic carbocycles.